The van der Waals surface area contributed by atoms with E-state index in [0.29, 0.717) is 36.5 Å². The predicted octanol–water partition coefficient (Wildman–Crippen LogP) is 4.58. The van der Waals surface area contributed by atoms with Crippen LogP contribution in [0.15, 0.2) is 36.5 Å². The summed E-state index contributed by atoms with van der Waals surface area (Å²) in [6.07, 6.45) is 6.08. The Labute approximate surface area is 208 Å². The molecule has 1 saturated heterocycles. The highest BCUT2D eigenvalue weighted by atomic mass is 16.1. The molecular weight excluding hydrogens is 436 g/mol. The van der Waals surface area contributed by atoms with Crippen LogP contribution in [0, 0.1) is 0 Å². The largest absolute Gasteiger partial charge is 0.351 e. The molecule has 2 aromatic heterocycles. The molecular formula is C28H38N6O. The van der Waals surface area contributed by atoms with E-state index in [1.54, 1.807) is 0 Å². The number of aromatic nitrogens is 3. The molecule has 35 heavy (non-hydrogen) atoms. The fourth-order valence-corrected chi connectivity index (χ4v) is 5.21. The van der Waals surface area contributed by atoms with Gasteiger partial charge in [-0.1, -0.05) is 31.2 Å². The van der Waals surface area contributed by atoms with Crippen molar-refractivity contribution < 1.29 is 4.79 Å². The lowest BCUT2D eigenvalue weighted by Gasteiger charge is -2.32. The average Bonchev–Trinajstić information content (AvgIpc) is 3.25. The Morgan fingerprint density at radius 1 is 1.09 bits per heavy atom. The van der Waals surface area contributed by atoms with Gasteiger partial charge in [0.2, 0.25) is 5.95 Å². The third-order valence-corrected chi connectivity index (χ3v) is 7.76. The molecule has 7 heteroatoms. The van der Waals surface area contributed by atoms with E-state index in [1.807, 2.05) is 6.20 Å². The van der Waals surface area contributed by atoms with Crippen LogP contribution in [0.4, 0.5) is 5.95 Å². The lowest BCUT2D eigenvalue weighted by molar-refractivity contribution is -0.120. The molecule has 2 fully saturated rings. The van der Waals surface area contributed by atoms with Crippen LogP contribution in [0.25, 0.3) is 16.6 Å². The number of hydrogen-bond donors (Lipinski definition) is 1. The molecule has 0 unspecified atom stereocenters. The van der Waals surface area contributed by atoms with Crippen molar-refractivity contribution in [3.63, 3.8) is 0 Å². The summed E-state index contributed by atoms with van der Waals surface area (Å²) in [5.41, 5.74) is 5.92. The summed E-state index contributed by atoms with van der Waals surface area (Å²) >= 11 is 0. The Kier molecular flexibility index (Phi) is 7.16. The number of fused-ring (bicyclic) bond motifs is 1. The van der Waals surface area contributed by atoms with Gasteiger partial charge in [-0.2, -0.15) is 0 Å². The van der Waals surface area contributed by atoms with Crippen molar-refractivity contribution in [2.24, 2.45) is 0 Å². The first kappa shape index (κ1) is 23.9. The second-order valence-electron chi connectivity index (χ2n) is 10.4. The molecule has 3 heterocycles. The zero-order valence-corrected chi connectivity index (χ0v) is 21.3. The molecule has 0 bridgehead atoms. The average molecular weight is 475 g/mol. The number of hydrogen-bond acceptors (Lipinski definition) is 6. The molecule has 1 atom stereocenters. The van der Waals surface area contributed by atoms with Gasteiger partial charge in [-0.25, -0.2) is 9.50 Å². The van der Waals surface area contributed by atoms with E-state index < -0.39 is 0 Å². The number of anilines is 1. The van der Waals surface area contributed by atoms with Crippen LogP contribution in [0.2, 0.25) is 0 Å². The molecule has 0 spiro atoms. The van der Waals surface area contributed by atoms with E-state index >= 15 is 0 Å². The zero-order valence-electron chi connectivity index (χ0n) is 21.3. The Balaban J connectivity index is 1.44. The molecule has 0 radical (unpaired) electrons. The first-order chi connectivity index (χ1) is 17.0. The summed E-state index contributed by atoms with van der Waals surface area (Å²) in [5, 5.41) is 8.32. The van der Waals surface area contributed by atoms with Gasteiger partial charge in [0.15, 0.2) is 0 Å². The monoisotopic (exact) mass is 474 g/mol. The van der Waals surface area contributed by atoms with E-state index in [9.17, 15) is 4.79 Å². The molecule has 1 saturated carbocycles. The van der Waals surface area contributed by atoms with Crippen molar-refractivity contribution in [3.05, 3.63) is 47.8 Å². The number of nitrogens with one attached hydrogen (secondary N) is 1. The van der Waals surface area contributed by atoms with Crippen LogP contribution < -0.4 is 5.32 Å². The fraction of sp³-hybridized carbons (Fsp3) is 0.536. The maximum absolute atomic E-state index is 11.9. The maximum Gasteiger partial charge on any atom is 0.241 e. The number of carbonyl (C=O) groups is 1. The first-order valence-corrected chi connectivity index (χ1v) is 13.2. The van der Waals surface area contributed by atoms with Crippen LogP contribution in [0.3, 0.4) is 0 Å². The number of ketones is 1. The number of benzene rings is 1. The predicted molar refractivity (Wildman–Crippen MR) is 141 cm³/mol. The second-order valence-corrected chi connectivity index (χ2v) is 10.4. The van der Waals surface area contributed by atoms with Gasteiger partial charge in [-0.15, -0.1) is 5.10 Å². The molecule has 0 amide bonds. The second kappa shape index (κ2) is 10.5. The molecule has 1 N–H and O–H groups in total. The van der Waals surface area contributed by atoms with Crippen molar-refractivity contribution in [1.82, 2.24) is 24.4 Å². The normalized spacial score (nSPS) is 19.3. The van der Waals surface area contributed by atoms with Crippen LogP contribution in [0.1, 0.15) is 63.1 Å². The minimum Gasteiger partial charge on any atom is -0.351 e. The third-order valence-electron chi connectivity index (χ3n) is 7.76. The highest BCUT2D eigenvalue weighted by Crippen LogP contribution is 2.37. The van der Waals surface area contributed by atoms with Gasteiger partial charge in [0.1, 0.15) is 5.78 Å². The van der Waals surface area contributed by atoms with Gasteiger partial charge < -0.3 is 10.2 Å². The minimum absolute atomic E-state index is 0.311. The number of nitrogens with zero attached hydrogens (tertiary/aromatic N) is 5. The third kappa shape index (κ3) is 5.41. The molecule has 1 aromatic carbocycles. The number of carbonyl (C=O) groups excluding carboxylic acids is 1. The van der Waals surface area contributed by atoms with Crippen molar-refractivity contribution in [2.75, 3.05) is 38.5 Å². The Bertz CT molecular complexity index is 1150. The Hall–Kier alpha value is -2.77. The SMILES string of the molecule is CC[C@H](C)Nc1ncc2c(-c3ccc(CN4CCN(C)CC4)cc3)cc(C3CCC(=O)CC3)n2n1. The van der Waals surface area contributed by atoms with Crippen LogP contribution in [0.5, 0.6) is 0 Å². The standard InChI is InChI=1S/C28H38N6O/c1-4-20(2)30-28-29-18-27-25(17-26(34(27)31-28)23-9-11-24(35)12-10-23)22-7-5-21(6-8-22)19-33-15-13-32(3)14-16-33/h5-8,17-18,20,23H,4,9-16,19H2,1-3H3,(H,30,31)/t20-/m0/s1. The quantitative estimate of drug-likeness (QED) is 0.541. The topological polar surface area (TPSA) is 65.8 Å². The smallest absolute Gasteiger partial charge is 0.241 e. The summed E-state index contributed by atoms with van der Waals surface area (Å²) in [7, 11) is 2.20. The number of piperazine rings is 1. The molecule has 7 nitrogen and oxygen atoms in total. The molecule has 1 aliphatic carbocycles. The Morgan fingerprint density at radius 2 is 1.80 bits per heavy atom. The van der Waals surface area contributed by atoms with E-state index in [1.165, 1.54) is 16.8 Å². The number of rotatable bonds is 7. The van der Waals surface area contributed by atoms with E-state index in [0.717, 1.165) is 63.1 Å². The fourth-order valence-electron chi connectivity index (χ4n) is 5.21. The number of likely N-dealkylation sites (N-methyl/N-ethyl adjacent to an activating group) is 1. The lowest BCUT2D eigenvalue weighted by atomic mass is 9.86. The minimum atomic E-state index is 0.311. The highest BCUT2D eigenvalue weighted by molar-refractivity contribution is 5.82. The van der Waals surface area contributed by atoms with Gasteiger partial charge in [0, 0.05) is 68.8 Å². The van der Waals surface area contributed by atoms with Crippen molar-refractivity contribution in [3.8, 4) is 11.1 Å². The van der Waals surface area contributed by atoms with E-state index in [-0.39, 0.29) is 0 Å². The van der Waals surface area contributed by atoms with Gasteiger partial charge >= 0.3 is 0 Å². The lowest BCUT2D eigenvalue weighted by Crippen LogP contribution is -2.43. The molecule has 3 aromatic rings. The van der Waals surface area contributed by atoms with E-state index in [4.69, 9.17) is 5.10 Å². The summed E-state index contributed by atoms with van der Waals surface area (Å²) in [6, 6.07) is 11.6. The van der Waals surface area contributed by atoms with Crippen molar-refractivity contribution in [1.29, 1.82) is 0 Å². The first-order valence-electron chi connectivity index (χ1n) is 13.2. The maximum atomic E-state index is 11.9. The summed E-state index contributed by atoms with van der Waals surface area (Å²) in [5.74, 6) is 1.38. The summed E-state index contributed by atoms with van der Waals surface area (Å²) in [4.78, 5) is 21.5. The van der Waals surface area contributed by atoms with Gasteiger partial charge in [0.25, 0.3) is 0 Å². The molecule has 5 rings (SSSR count). The van der Waals surface area contributed by atoms with E-state index in [2.05, 4.69) is 75.8 Å². The van der Waals surface area contributed by atoms with Crippen LogP contribution >= 0.6 is 0 Å². The van der Waals surface area contributed by atoms with Gasteiger partial charge in [-0.3, -0.25) is 9.69 Å². The highest BCUT2D eigenvalue weighted by Gasteiger charge is 2.25. The summed E-state index contributed by atoms with van der Waals surface area (Å²) < 4.78 is 2.08. The van der Waals surface area contributed by atoms with Crippen molar-refractivity contribution in [2.45, 2.75) is 64.5 Å². The molecule has 2 aliphatic rings. The van der Waals surface area contributed by atoms with Crippen LogP contribution in [-0.4, -0.2) is 69.4 Å². The zero-order chi connectivity index (χ0) is 24.4. The van der Waals surface area contributed by atoms with Gasteiger partial charge in [0.05, 0.1) is 11.7 Å². The molecule has 1 aliphatic heterocycles. The van der Waals surface area contributed by atoms with Gasteiger partial charge in [-0.05, 0) is 50.4 Å². The van der Waals surface area contributed by atoms with Crippen LogP contribution in [-0.2, 0) is 11.3 Å². The summed E-state index contributed by atoms with van der Waals surface area (Å²) in [6.45, 7) is 9.82. The molecule has 186 valence electrons. The number of Topliss-reactive ketones (excluding diaryl/α,β-unsaturated/α-hetero) is 1. The van der Waals surface area contributed by atoms with Crippen molar-refractivity contribution >= 4 is 17.2 Å². The Morgan fingerprint density at radius 3 is 2.49 bits per heavy atom.